The molecule has 5 rings (SSSR count). The van der Waals surface area contributed by atoms with Crippen molar-refractivity contribution in [1.29, 1.82) is 0 Å². The second-order valence-corrected chi connectivity index (χ2v) is 8.66. The first-order chi connectivity index (χ1) is 18.0. The van der Waals surface area contributed by atoms with Gasteiger partial charge in [0, 0.05) is 23.9 Å². The molecule has 0 unspecified atom stereocenters. The monoisotopic (exact) mass is 491 g/mol. The standard InChI is InChI=1S/C29H25N5O3/c1-21-10-8-9-15-25(21)34-26(18-24(31-34)23-13-6-3-7-14-23)30-27(35)20-33-28(36)16-17-32(29(33)37)19-22-11-4-2-5-12-22/h2-18H,19-20H2,1H3,(H,30,35). The predicted octanol–water partition coefficient (Wildman–Crippen LogP) is 3.86. The number of hydrogen-bond acceptors (Lipinski definition) is 4. The molecule has 0 aliphatic carbocycles. The zero-order valence-electron chi connectivity index (χ0n) is 20.2. The van der Waals surface area contributed by atoms with Crippen molar-refractivity contribution in [2.24, 2.45) is 0 Å². The topological polar surface area (TPSA) is 90.9 Å². The molecule has 0 spiro atoms. The van der Waals surface area contributed by atoms with Crippen LogP contribution in [0, 0.1) is 6.92 Å². The summed E-state index contributed by atoms with van der Waals surface area (Å²) in [6.45, 7) is 1.83. The van der Waals surface area contributed by atoms with Crippen molar-refractivity contribution in [2.45, 2.75) is 20.0 Å². The molecule has 2 heterocycles. The highest BCUT2D eigenvalue weighted by atomic mass is 16.2. The lowest BCUT2D eigenvalue weighted by Crippen LogP contribution is -2.42. The van der Waals surface area contributed by atoms with Crippen molar-refractivity contribution >= 4 is 11.7 Å². The van der Waals surface area contributed by atoms with Gasteiger partial charge in [-0.2, -0.15) is 5.10 Å². The molecule has 0 bridgehead atoms. The summed E-state index contributed by atoms with van der Waals surface area (Å²) in [5, 5.41) is 7.59. The average Bonchev–Trinajstić information content (AvgIpc) is 3.33. The maximum atomic E-state index is 13.1. The molecule has 1 amide bonds. The normalized spacial score (nSPS) is 10.8. The number of para-hydroxylation sites is 1. The second-order valence-electron chi connectivity index (χ2n) is 8.66. The van der Waals surface area contributed by atoms with Gasteiger partial charge in [0.05, 0.1) is 17.9 Å². The van der Waals surface area contributed by atoms with Gasteiger partial charge in [-0.05, 0) is 24.1 Å². The number of aromatic nitrogens is 4. The lowest BCUT2D eigenvalue weighted by Gasteiger charge is -2.12. The van der Waals surface area contributed by atoms with E-state index in [0.29, 0.717) is 18.1 Å². The number of carbonyl (C=O) groups excluding carboxylic acids is 1. The third-order valence-electron chi connectivity index (χ3n) is 6.03. The van der Waals surface area contributed by atoms with Crippen LogP contribution in [0.5, 0.6) is 0 Å². The molecule has 0 saturated heterocycles. The van der Waals surface area contributed by atoms with Crippen LogP contribution in [0.25, 0.3) is 16.9 Å². The summed E-state index contributed by atoms with van der Waals surface area (Å²) in [5.41, 5.74) is 3.18. The van der Waals surface area contributed by atoms with Crippen LogP contribution in [0.15, 0.2) is 113 Å². The Kier molecular flexibility index (Phi) is 6.63. The molecule has 0 radical (unpaired) electrons. The third kappa shape index (κ3) is 5.18. The molecule has 1 N–H and O–H groups in total. The predicted molar refractivity (Wildman–Crippen MR) is 143 cm³/mol. The van der Waals surface area contributed by atoms with Crippen LogP contribution < -0.4 is 16.6 Å². The number of carbonyl (C=O) groups is 1. The molecule has 0 atom stereocenters. The number of nitrogens with zero attached hydrogens (tertiary/aromatic N) is 4. The van der Waals surface area contributed by atoms with E-state index in [4.69, 9.17) is 5.10 Å². The van der Waals surface area contributed by atoms with E-state index >= 15 is 0 Å². The van der Waals surface area contributed by atoms with Crippen LogP contribution in [0.3, 0.4) is 0 Å². The van der Waals surface area contributed by atoms with E-state index in [-0.39, 0.29) is 0 Å². The molecule has 8 heteroatoms. The number of amides is 1. The first-order valence-corrected chi connectivity index (χ1v) is 11.8. The fourth-order valence-electron chi connectivity index (χ4n) is 4.13. The zero-order valence-corrected chi connectivity index (χ0v) is 20.2. The van der Waals surface area contributed by atoms with Crippen molar-refractivity contribution in [3.05, 3.63) is 135 Å². The van der Waals surface area contributed by atoms with Gasteiger partial charge in [-0.25, -0.2) is 9.48 Å². The number of benzene rings is 3. The lowest BCUT2D eigenvalue weighted by atomic mass is 10.1. The largest absolute Gasteiger partial charge is 0.331 e. The summed E-state index contributed by atoms with van der Waals surface area (Å²) >= 11 is 0. The van der Waals surface area contributed by atoms with Gasteiger partial charge in [0.25, 0.3) is 5.56 Å². The number of aryl methyl sites for hydroxylation is 1. The van der Waals surface area contributed by atoms with E-state index in [2.05, 4.69) is 5.32 Å². The van der Waals surface area contributed by atoms with Gasteiger partial charge in [0.15, 0.2) is 0 Å². The van der Waals surface area contributed by atoms with Gasteiger partial charge in [0.1, 0.15) is 12.4 Å². The van der Waals surface area contributed by atoms with Gasteiger partial charge in [-0.15, -0.1) is 0 Å². The first kappa shape index (κ1) is 23.7. The minimum atomic E-state index is -0.552. The van der Waals surface area contributed by atoms with Crippen LogP contribution in [0.2, 0.25) is 0 Å². The fourth-order valence-corrected chi connectivity index (χ4v) is 4.13. The van der Waals surface area contributed by atoms with Crippen molar-refractivity contribution in [3.8, 4) is 16.9 Å². The fraction of sp³-hybridized carbons (Fsp3) is 0.103. The van der Waals surface area contributed by atoms with E-state index in [1.165, 1.54) is 16.8 Å². The summed E-state index contributed by atoms with van der Waals surface area (Å²) in [7, 11) is 0. The smallest absolute Gasteiger partial charge is 0.309 e. The van der Waals surface area contributed by atoms with Crippen molar-refractivity contribution in [3.63, 3.8) is 0 Å². The number of anilines is 1. The van der Waals surface area contributed by atoms with Crippen molar-refractivity contribution in [2.75, 3.05) is 5.32 Å². The Morgan fingerprint density at radius 2 is 1.54 bits per heavy atom. The molecule has 8 nitrogen and oxygen atoms in total. The SMILES string of the molecule is Cc1ccccc1-n1nc(-c2ccccc2)cc1NC(=O)Cn1c(=O)ccn(Cc2ccccc2)c1=O. The van der Waals surface area contributed by atoms with Crippen molar-refractivity contribution < 1.29 is 4.79 Å². The van der Waals surface area contributed by atoms with Gasteiger partial charge in [-0.1, -0.05) is 78.9 Å². The summed E-state index contributed by atoms with van der Waals surface area (Å²) < 4.78 is 4.01. The Morgan fingerprint density at radius 1 is 0.865 bits per heavy atom. The lowest BCUT2D eigenvalue weighted by molar-refractivity contribution is -0.116. The molecular formula is C29H25N5O3. The van der Waals surface area contributed by atoms with Crippen molar-refractivity contribution in [1.82, 2.24) is 18.9 Å². The highest BCUT2D eigenvalue weighted by Gasteiger charge is 2.17. The zero-order chi connectivity index (χ0) is 25.8. The Labute approximate surface area is 213 Å². The molecule has 3 aromatic carbocycles. The molecule has 184 valence electrons. The molecular weight excluding hydrogens is 466 g/mol. The third-order valence-corrected chi connectivity index (χ3v) is 6.03. The van der Waals surface area contributed by atoms with Gasteiger partial charge >= 0.3 is 5.69 Å². The Bertz CT molecular complexity index is 1670. The molecule has 5 aromatic rings. The van der Waals surface area contributed by atoms with Gasteiger partial charge < -0.3 is 5.32 Å². The summed E-state index contributed by atoms with van der Waals surface area (Å²) in [4.78, 5) is 38.6. The highest BCUT2D eigenvalue weighted by Crippen LogP contribution is 2.26. The molecule has 37 heavy (non-hydrogen) atoms. The van der Waals surface area contributed by atoms with E-state index in [1.54, 1.807) is 10.7 Å². The second kappa shape index (κ2) is 10.3. The summed E-state index contributed by atoms with van der Waals surface area (Å²) in [6, 6.07) is 29.9. The van der Waals surface area contributed by atoms with Gasteiger partial charge in [-0.3, -0.25) is 18.7 Å². The number of nitrogens with one attached hydrogen (secondary N) is 1. The summed E-state index contributed by atoms with van der Waals surface area (Å²) in [6.07, 6.45) is 1.45. The Hall–Kier alpha value is -4.98. The maximum Gasteiger partial charge on any atom is 0.331 e. The number of rotatable bonds is 7. The van der Waals surface area contributed by atoms with E-state index < -0.39 is 23.7 Å². The quantitative estimate of drug-likeness (QED) is 0.374. The van der Waals surface area contributed by atoms with Crippen LogP contribution in [0.4, 0.5) is 5.82 Å². The number of hydrogen-bond donors (Lipinski definition) is 1. The van der Waals surface area contributed by atoms with E-state index in [0.717, 1.165) is 26.9 Å². The molecule has 0 fully saturated rings. The Morgan fingerprint density at radius 3 is 2.27 bits per heavy atom. The Balaban J connectivity index is 1.45. The molecule has 0 aliphatic rings. The van der Waals surface area contributed by atoms with E-state index in [9.17, 15) is 14.4 Å². The maximum absolute atomic E-state index is 13.1. The van der Waals surface area contributed by atoms with Crippen LogP contribution in [0.1, 0.15) is 11.1 Å². The van der Waals surface area contributed by atoms with Crippen LogP contribution in [-0.2, 0) is 17.9 Å². The van der Waals surface area contributed by atoms with E-state index in [1.807, 2.05) is 91.9 Å². The van der Waals surface area contributed by atoms with Crippen LogP contribution >= 0.6 is 0 Å². The molecule has 2 aromatic heterocycles. The van der Waals surface area contributed by atoms with Crippen LogP contribution in [-0.4, -0.2) is 24.8 Å². The molecule has 0 saturated carbocycles. The summed E-state index contributed by atoms with van der Waals surface area (Å²) in [5.74, 6) is -0.0715. The minimum Gasteiger partial charge on any atom is -0.309 e. The highest BCUT2D eigenvalue weighted by molar-refractivity contribution is 5.90. The molecule has 0 aliphatic heterocycles. The average molecular weight is 492 g/mol. The minimum absolute atomic E-state index is 0.294. The first-order valence-electron chi connectivity index (χ1n) is 11.8. The van der Waals surface area contributed by atoms with Gasteiger partial charge in [0.2, 0.25) is 5.91 Å².